The number of rotatable bonds is 2. The Hall–Kier alpha value is -2.63. The number of aromatic amines is 1. The summed E-state index contributed by atoms with van der Waals surface area (Å²) in [4.78, 5) is 18.9. The van der Waals surface area contributed by atoms with Gasteiger partial charge >= 0.3 is 0 Å². The van der Waals surface area contributed by atoms with E-state index in [-0.39, 0.29) is 5.91 Å². The van der Waals surface area contributed by atoms with Crippen LogP contribution in [0.15, 0.2) is 41.4 Å². The first kappa shape index (κ1) is 9.59. The lowest BCUT2D eigenvalue weighted by atomic mass is 10.2. The van der Waals surface area contributed by atoms with Crippen molar-refractivity contribution in [1.29, 1.82) is 0 Å². The van der Waals surface area contributed by atoms with E-state index in [1.807, 2.05) is 0 Å². The highest BCUT2D eigenvalue weighted by Gasteiger charge is 2.08. The number of imidazole rings is 1. The van der Waals surface area contributed by atoms with Crippen LogP contribution in [0.5, 0.6) is 0 Å². The largest absolute Gasteiger partial charge is 0.363 e. The summed E-state index contributed by atoms with van der Waals surface area (Å²) >= 11 is 0. The first-order chi connectivity index (χ1) is 8.33. The molecule has 2 N–H and O–H groups in total. The van der Waals surface area contributed by atoms with E-state index in [9.17, 15) is 4.79 Å². The van der Waals surface area contributed by atoms with E-state index >= 15 is 0 Å². The van der Waals surface area contributed by atoms with Gasteiger partial charge in [-0.1, -0.05) is 5.16 Å². The number of fused-ring (bicyclic) bond motifs is 1. The van der Waals surface area contributed by atoms with Crippen molar-refractivity contribution < 1.29 is 9.32 Å². The van der Waals surface area contributed by atoms with E-state index in [0.29, 0.717) is 11.4 Å². The third kappa shape index (κ3) is 1.76. The number of nitrogens with zero attached hydrogens (tertiary/aromatic N) is 2. The number of anilines is 1. The summed E-state index contributed by atoms with van der Waals surface area (Å²) in [6.45, 7) is 0. The third-order valence-electron chi connectivity index (χ3n) is 2.36. The second-order valence-electron chi connectivity index (χ2n) is 3.47. The minimum atomic E-state index is -0.240. The topological polar surface area (TPSA) is 83.8 Å². The van der Waals surface area contributed by atoms with Crippen molar-refractivity contribution in [2.75, 3.05) is 5.32 Å². The van der Waals surface area contributed by atoms with Crippen LogP contribution < -0.4 is 5.32 Å². The molecule has 2 heterocycles. The van der Waals surface area contributed by atoms with Gasteiger partial charge in [0.05, 0.1) is 17.4 Å². The van der Waals surface area contributed by atoms with Gasteiger partial charge in [0.15, 0.2) is 5.82 Å². The molecule has 0 aliphatic carbocycles. The van der Waals surface area contributed by atoms with Crippen LogP contribution in [-0.2, 0) is 0 Å². The van der Waals surface area contributed by atoms with Crippen LogP contribution in [0.1, 0.15) is 10.4 Å². The summed E-state index contributed by atoms with van der Waals surface area (Å²) in [6.07, 6.45) is 2.98. The van der Waals surface area contributed by atoms with Gasteiger partial charge in [-0.05, 0) is 18.2 Å². The standard InChI is InChI=1S/C11H8N4O2/c16-11(14-10-3-4-17-15-10)7-1-2-8-9(5-7)13-6-12-8/h1-6H,(H,12,13)(H,14,15,16). The molecule has 3 aromatic rings. The van der Waals surface area contributed by atoms with Crippen LogP contribution in [-0.4, -0.2) is 21.0 Å². The lowest BCUT2D eigenvalue weighted by Gasteiger charge is -2.00. The zero-order valence-corrected chi connectivity index (χ0v) is 8.68. The molecule has 0 saturated carbocycles. The summed E-state index contributed by atoms with van der Waals surface area (Å²) in [5, 5.41) is 6.22. The van der Waals surface area contributed by atoms with Crippen molar-refractivity contribution >= 4 is 22.8 Å². The molecular weight excluding hydrogens is 220 g/mol. The molecule has 0 bridgehead atoms. The van der Waals surface area contributed by atoms with Gasteiger partial charge in [-0.3, -0.25) is 4.79 Å². The highest BCUT2D eigenvalue weighted by atomic mass is 16.5. The average molecular weight is 228 g/mol. The van der Waals surface area contributed by atoms with Crippen molar-refractivity contribution in [2.24, 2.45) is 0 Å². The van der Waals surface area contributed by atoms with Crippen LogP contribution in [0.25, 0.3) is 11.0 Å². The zero-order valence-electron chi connectivity index (χ0n) is 8.68. The number of carbonyl (C=O) groups is 1. The van der Waals surface area contributed by atoms with E-state index in [1.165, 1.54) is 6.26 Å². The van der Waals surface area contributed by atoms with Gasteiger partial charge in [-0.25, -0.2) is 4.98 Å². The third-order valence-corrected chi connectivity index (χ3v) is 2.36. The normalized spacial score (nSPS) is 10.6. The molecule has 0 unspecified atom stereocenters. The van der Waals surface area contributed by atoms with Gasteiger partial charge in [0.1, 0.15) is 6.26 Å². The van der Waals surface area contributed by atoms with E-state index in [0.717, 1.165) is 11.0 Å². The minimum absolute atomic E-state index is 0.240. The van der Waals surface area contributed by atoms with Gasteiger partial charge < -0.3 is 14.8 Å². The number of benzene rings is 1. The molecule has 17 heavy (non-hydrogen) atoms. The van der Waals surface area contributed by atoms with E-state index in [1.54, 1.807) is 30.6 Å². The summed E-state index contributed by atoms with van der Waals surface area (Å²) < 4.78 is 4.63. The molecule has 0 fully saturated rings. The van der Waals surface area contributed by atoms with Crippen molar-refractivity contribution in [3.05, 3.63) is 42.4 Å². The van der Waals surface area contributed by atoms with Gasteiger partial charge in [0.2, 0.25) is 0 Å². The smallest absolute Gasteiger partial charge is 0.256 e. The van der Waals surface area contributed by atoms with E-state index in [4.69, 9.17) is 0 Å². The second kappa shape index (κ2) is 3.75. The zero-order chi connectivity index (χ0) is 11.7. The molecule has 1 amide bonds. The molecule has 3 rings (SSSR count). The maximum absolute atomic E-state index is 11.9. The maximum Gasteiger partial charge on any atom is 0.256 e. The molecule has 0 saturated heterocycles. The number of carbonyl (C=O) groups excluding carboxylic acids is 1. The summed E-state index contributed by atoms with van der Waals surface area (Å²) in [6, 6.07) is 6.80. The molecule has 0 spiro atoms. The maximum atomic E-state index is 11.9. The molecule has 0 atom stereocenters. The Bertz CT molecular complexity index is 657. The SMILES string of the molecule is O=C(Nc1ccon1)c1ccc2nc[nH]c2c1. The molecule has 6 nitrogen and oxygen atoms in total. The van der Waals surface area contributed by atoms with Crippen molar-refractivity contribution in [3.63, 3.8) is 0 Å². The van der Waals surface area contributed by atoms with Crippen LogP contribution in [0, 0.1) is 0 Å². The number of amides is 1. The Balaban J connectivity index is 1.90. The number of hydrogen-bond acceptors (Lipinski definition) is 4. The van der Waals surface area contributed by atoms with E-state index < -0.39 is 0 Å². The fourth-order valence-electron chi connectivity index (χ4n) is 1.54. The Kier molecular flexibility index (Phi) is 2.11. The molecule has 0 aliphatic heterocycles. The molecular formula is C11H8N4O2. The van der Waals surface area contributed by atoms with Gasteiger partial charge in [-0.2, -0.15) is 0 Å². The monoisotopic (exact) mass is 228 g/mol. The molecule has 1 aromatic carbocycles. The number of hydrogen-bond donors (Lipinski definition) is 2. The highest BCUT2D eigenvalue weighted by molar-refractivity contribution is 6.05. The van der Waals surface area contributed by atoms with Crippen molar-refractivity contribution in [2.45, 2.75) is 0 Å². The lowest BCUT2D eigenvalue weighted by molar-refractivity contribution is 0.102. The van der Waals surface area contributed by atoms with Crippen molar-refractivity contribution in [1.82, 2.24) is 15.1 Å². The van der Waals surface area contributed by atoms with Crippen LogP contribution in [0.3, 0.4) is 0 Å². The second-order valence-corrected chi connectivity index (χ2v) is 3.47. The van der Waals surface area contributed by atoms with E-state index in [2.05, 4.69) is 25.0 Å². The van der Waals surface area contributed by atoms with Crippen LogP contribution in [0.2, 0.25) is 0 Å². The predicted octanol–water partition coefficient (Wildman–Crippen LogP) is 1.80. The quantitative estimate of drug-likeness (QED) is 0.700. The first-order valence-electron chi connectivity index (χ1n) is 4.98. The van der Waals surface area contributed by atoms with Crippen molar-refractivity contribution in [3.8, 4) is 0 Å². The predicted molar refractivity (Wildman–Crippen MR) is 60.5 cm³/mol. The molecule has 0 aliphatic rings. The highest BCUT2D eigenvalue weighted by Crippen LogP contribution is 2.13. The Labute approximate surface area is 95.6 Å². The lowest BCUT2D eigenvalue weighted by Crippen LogP contribution is -2.11. The number of H-pyrrole nitrogens is 1. The summed E-state index contributed by atoms with van der Waals surface area (Å²) in [7, 11) is 0. The Morgan fingerprint density at radius 1 is 1.35 bits per heavy atom. The van der Waals surface area contributed by atoms with Gasteiger partial charge in [0.25, 0.3) is 5.91 Å². The molecule has 2 aromatic heterocycles. The average Bonchev–Trinajstić information content (AvgIpc) is 2.97. The first-order valence-corrected chi connectivity index (χ1v) is 4.98. The van der Waals surface area contributed by atoms with Crippen LogP contribution in [0.4, 0.5) is 5.82 Å². The summed E-state index contributed by atoms with van der Waals surface area (Å²) in [5.74, 6) is 0.148. The number of nitrogens with one attached hydrogen (secondary N) is 2. The fourth-order valence-corrected chi connectivity index (χ4v) is 1.54. The fraction of sp³-hybridized carbons (Fsp3) is 0. The molecule has 84 valence electrons. The van der Waals surface area contributed by atoms with Gasteiger partial charge in [0, 0.05) is 11.6 Å². The summed E-state index contributed by atoms with van der Waals surface area (Å²) in [5.41, 5.74) is 2.17. The van der Waals surface area contributed by atoms with Crippen LogP contribution >= 0.6 is 0 Å². The van der Waals surface area contributed by atoms with Gasteiger partial charge in [-0.15, -0.1) is 0 Å². The number of aromatic nitrogens is 3. The molecule has 0 radical (unpaired) electrons. The Morgan fingerprint density at radius 2 is 2.29 bits per heavy atom. The minimum Gasteiger partial charge on any atom is -0.363 e. The molecule has 6 heteroatoms. The Morgan fingerprint density at radius 3 is 3.12 bits per heavy atom.